The fourth-order valence-electron chi connectivity index (χ4n) is 5.04. The number of hydrogen-bond acceptors (Lipinski definition) is 5. The Morgan fingerprint density at radius 3 is 2.39 bits per heavy atom. The second-order valence-electron chi connectivity index (χ2n) is 9.08. The number of carbonyl (C=O) groups is 1. The van der Waals surface area contributed by atoms with E-state index in [1.807, 2.05) is 64.7 Å². The first-order chi connectivity index (χ1) is 17.5. The summed E-state index contributed by atoms with van der Waals surface area (Å²) in [6.07, 6.45) is 0.885. The Balaban J connectivity index is 1.32. The van der Waals surface area contributed by atoms with Crippen molar-refractivity contribution in [1.29, 1.82) is 0 Å². The van der Waals surface area contributed by atoms with Crippen LogP contribution in [0.5, 0.6) is 5.88 Å². The van der Waals surface area contributed by atoms with Crippen LogP contribution in [0.1, 0.15) is 23.2 Å². The third-order valence-corrected chi connectivity index (χ3v) is 6.94. The molecular formula is C28H30FN5O2. The standard InChI is InChI=1S/C28H30FN5O2/c1-19-22(13-14-25(35)33-17-15-32(16-18-33)24-12-8-7-11-23(24)29)28(36-3)30-27-26(19)20(2)31-34(27)21-9-5-4-6-10-21/h4-12H,13-18H2,1-3H3. The average Bonchev–Trinajstić information content (AvgIpc) is 3.25. The summed E-state index contributed by atoms with van der Waals surface area (Å²) in [5.41, 5.74) is 5.12. The molecule has 7 nitrogen and oxygen atoms in total. The van der Waals surface area contributed by atoms with E-state index in [2.05, 4.69) is 0 Å². The number of rotatable bonds is 6. The molecule has 3 heterocycles. The number of pyridine rings is 1. The molecule has 1 aliphatic heterocycles. The van der Waals surface area contributed by atoms with Crippen molar-refractivity contribution in [2.75, 3.05) is 38.2 Å². The molecule has 36 heavy (non-hydrogen) atoms. The van der Waals surface area contributed by atoms with E-state index in [0.29, 0.717) is 50.6 Å². The normalized spacial score (nSPS) is 13.9. The second-order valence-corrected chi connectivity index (χ2v) is 9.08. The van der Waals surface area contributed by atoms with Crippen molar-refractivity contribution in [3.63, 3.8) is 0 Å². The van der Waals surface area contributed by atoms with Crippen LogP contribution in [0, 0.1) is 19.7 Å². The maximum Gasteiger partial charge on any atom is 0.223 e. The van der Waals surface area contributed by atoms with Crippen LogP contribution in [0.25, 0.3) is 16.7 Å². The molecule has 1 aliphatic rings. The van der Waals surface area contributed by atoms with Gasteiger partial charge in [-0.15, -0.1) is 0 Å². The number of fused-ring (bicyclic) bond motifs is 1. The van der Waals surface area contributed by atoms with Gasteiger partial charge in [0.15, 0.2) is 5.65 Å². The molecule has 0 atom stereocenters. The van der Waals surface area contributed by atoms with Crippen molar-refractivity contribution < 1.29 is 13.9 Å². The third kappa shape index (κ3) is 4.39. The van der Waals surface area contributed by atoms with E-state index in [1.54, 1.807) is 19.2 Å². The summed E-state index contributed by atoms with van der Waals surface area (Å²) in [5, 5.41) is 5.72. The molecule has 0 bridgehead atoms. The number of piperazine rings is 1. The molecule has 2 aromatic carbocycles. The van der Waals surface area contributed by atoms with Gasteiger partial charge in [0.2, 0.25) is 11.8 Å². The fourth-order valence-corrected chi connectivity index (χ4v) is 5.04. The fraction of sp³-hybridized carbons (Fsp3) is 0.321. The highest BCUT2D eigenvalue weighted by atomic mass is 19.1. The molecule has 0 radical (unpaired) electrons. The molecule has 1 fully saturated rings. The maximum absolute atomic E-state index is 14.1. The molecule has 1 saturated heterocycles. The van der Waals surface area contributed by atoms with Crippen LogP contribution in [0.15, 0.2) is 54.6 Å². The predicted octanol–water partition coefficient (Wildman–Crippen LogP) is 4.47. The molecule has 4 aromatic rings. The molecule has 0 saturated carbocycles. The number of anilines is 1. The number of carbonyl (C=O) groups excluding carboxylic acids is 1. The Hall–Kier alpha value is -3.94. The molecule has 0 unspecified atom stereocenters. The van der Waals surface area contributed by atoms with E-state index in [1.165, 1.54) is 6.07 Å². The predicted molar refractivity (Wildman–Crippen MR) is 138 cm³/mol. The number of ether oxygens (including phenoxy) is 1. The summed E-state index contributed by atoms with van der Waals surface area (Å²) in [6, 6.07) is 16.7. The summed E-state index contributed by atoms with van der Waals surface area (Å²) >= 11 is 0. The van der Waals surface area contributed by atoms with Crippen LogP contribution in [0.3, 0.4) is 0 Å². The van der Waals surface area contributed by atoms with Gasteiger partial charge in [0.25, 0.3) is 0 Å². The molecule has 0 aliphatic carbocycles. The number of nitrogens with zero attached hydrogens (tertiary/aromatic N) is 5. The van der Waals surface area contributed by atoms with Gasteiger partial charge in [0.05, 0.1) is 24.2 Å². The van der Waals surface area contributed by atoms with Gasteiger partial charge in [-0.05, 0) is 50.1 Å². The Morgan fingerprint density at radius 2 is 1.69 bits per heavy atom. The van der Waals surface area contributed by atoms with Crippen LogP contribution >= 0.6 is 0 Å². The Labute approximate surface area is 210 Å². The molecule has 0 N–H and O–H groups in total. The van der Waals surface area contributed by atoms with Gasteiger partial charge in [-0.1, -0.05) is 30.3 Å². The van der Waals surface area contributed by atoms with E-state index in [9.17, 15) is 9.18 Å². The van der Waals surface area contributed by atoms with Crippen molar-refractivity contribution >= 4 is 22.6 Å². The number of aromatic nitrogens is 3. The Morgan fingerprint density at radius 1 is 1.00 bits per heavy atom. The quantitative estimate of drug-likeness (QED) is 0.402. The zero-order valence-electron chi connectivity index (χ0n) is 20.9. The number of aryl methyl sites for hydroxylation is 2. The van der Waals surface area contributed by atoms with Crippen LogP contribution in [0.2, 0.25) is 0 Å². The van der Waals surface area contributed by atoms with E-state index in [0.717, 1.165) is 33.5 Å². The molecule has 2 aromatic heterocycles. The summed E-state index contributed by atoms with van der Waals surface area (Å²) in [7, 11) is 1.61. The first kappa shape index (κ1) is 23.8. The van der Waals surface area contributed by atoms with Gasteiger partial charge < -0.3 is 14.5 Å². The molecule has 186 valence electrons. The lowest BCUT2D eigenvalue weighted by Crippen LogP contribution is -2.49. The van der Waals surface area contributed by atoms with Crippen molar-refractivity contribution in [2.45, 2.75) is 26.7 Å². The van der Waals surface area contributed by atoms with Gasteiger partial charge in [-0.3, -0.25) is 4.79 Å². The van der Waals surface area contributed by atoms with Crippen molar-refractivity contribution in [3.8, 4) is 11.6 Å². The number of benzene rings is 2. The van der Waals surface area contributed by atoms with Crippen LogP contribution in [-0.4, -0.2) is 58.9 Å². The lowest BCUT2D eigenvalue weighted by atomic mass is 10.0. The van der Waals surface area contributed by atoms with Crippen LogP contribution in [-0.2, 0) is 11.2 Å². The largest absolute Gasteiger partial charge is 0.481 e. The lowest BCUT2D eigenvalue weighted by molar-refractivity contribution is -0.131. The number of halogens is 1. The molecule has 1 amide bonds. The second kappa shape index (κ2) is 9.97. The number of hydrogen-bond donors (Lipinski definition) is 0. The zero-order valence-corrected chi connectivity index (χ0v) is 20.9. The molecule has 0 spiro atoms. The first-order valence-electron chi connectivity index (χ1n) is 12.2. The van der Waals surface area contributed by atoms with Gasteiger partial charge in [-0.2, -0.15) is 10.1 Å². The Bertz CT molecular complexity index is 1390. The highest BCUT2D eigenvalue weighted by Crippen LogP contribution is 2.32. The summed E-state index contributed by atoms with van der Waals surface area (Å²) in [5.74, 6) is 0.379. The van der Waals surface area contributed by atoms with E-state index >= 15 is 0 Å². The minimum Gasteiger partial charge on any atom is -0.481 e. The van der Waals surface area contributed by atoms with Gasteiger partial charge in [-0.25, -0.2) is 9.07 Å². The number of amides is 1. The highest BCUT2D eigenvalue weighted by molar-refractivity contribution is 5.86. The van der Waals surface area contributed by atoms with Crippen molar-refractivity contribution in [2.24, 2.45) is 0 Å². The van der Waals surface area contributed by atoms with Gasteiger partial charge >= 0.3 is 0 Å². The van der Waals surface area contributed by atoms with Gasteiger partial charge in [0, 0.05) is 43.5 Å². The number of methoxy groups -OCH3 is 1. The molecule has 8 heteroatoms. The monoisotopic (exact) mass is 487 g/mol. The third-order valence-electron chi connectivity index (χ3n) is 6.94. The lowest BCUT2D eigenvalue weighted by Gasteiger charge is -2.36. The van der Waals surface area contributed by atoms with E-state index < -0.39 is 0 Å². The molecular weight excluding hydrogens is 457 g/mol. The summed E-state index contributed by atoms with van der Waals surface area (Å²) in [6.45, 7) is 6.39. The smallest absolute Gasteiger partial charge is 0.223 e. The summed E-state index contributed by atoms with van der Waals surface area (Å²) < 4.78 is 21.6. The molecule has 5 rings (SSSR count). The van der Waals surface area contributed by atoms with E-state index in [4.69, 9.17) is 14.8 Å². The average molecular weight is 488 g/mol. The van der Waals surface area contributed by atoms with E-state index in [-0.39, 0.29) is 11.7 Å². The van der Waals surface area contributed by atoms with Crippen molar-refractivity contribution in [1.82, 2.24) is 19.7 Å². The minimum absolute atomic E-state index is 0.0847. The SMILES string of the molecule is COc1nc2c(c(C)nn2-c2ccccc2)c(C)c1CCC(=O)N1CCN(c2ccccc2F)CC1. The number of para-hydroxylation sites is 2. The van der Waals surface area contributed by atoms with Crippen molar-refractivity contribution in [3.05, 3.63) is 77.2 Å². The highest BCUT2D eigenvalue weighted by Gasteiger charge is 2.24. The van der Waals surface area contributed by atoms with Crippen LogP contribution in [0.4, 0.5) is 10.1 Å². The van der Waals surface area contributed by atoms with Gasteiger partial charge in [0.1, 0.15) is 5.82 Å². The summed E-state index contributed by atoms with van der Waals surface area (Å²) in [4.78, 5) is 21.7. The topological polar surface area (TPSA) is 63.5 Å². The Kier molecular flexibility index (Phi) is 6.59. The van der Waals surface area contributed by atoms with Crippen LogP contribution < -0.4 is 9.64 Å². The zero-order chi connectivity index (χ0) is 25.2. The minimum atomic E-state index is -0.228. The maximum atomic E-state index is 14.1. The first-order valence-corrected chi connectivity index (χ1v) is 12.2.